The van der Waals surface area contributed by atoms with Gasteiger partial charge >= 0.3 is 0 Å². The van der Waals surface area contributed by atoms with E-state index in [0.29, 0.717) is 29.4 Å². The Hall–Kier alpha value is -2.05. The predicted molar refractivity (Wildman–Crippen MR) is 92.9 cm³/mol. The van der Waals surface area contributed by atoms with Crippen molar-refractivity contribution in [2.24, 2.45) is 0 Å². The fraction of sp³-hybridized carbons (Fsp3) is 0.412. The number of halogens is 1. The zero-order valence-electron chi connectivity index (χ0n) is 13.4. The highest BCUT2D eigenvalue weighted by atomic mass is 35.5. The molecule has 2 amide bonds. The molecule has 1 aliphatic heterocycles. The molecule has 1 aromatic rings. The Balaban J connectivity index is 1.58. The molecule has 2 rings (SSSR count). The minimum atomic E-state index is -0.235. The van der Waals surface area contributed by atoms with Crippen molar-refractivity contribution in [2.75, 3.05) is 19.7 Å². The van der Waals surface area contributed by atoms with Crippen LogP contribution in [0.25, 0.3) is 0 Å². The van der Waals surface area contributed by atoms with Gasteiger partial charge in [0.05, 0.1) is 6.04 Å². The smallest absolute Gasteiger partial charge is 0.257 e. The lowest BCUT2D eigenvalue weighted by atomic mass is 10.2. The van der Waals surface area contributed by atoms with Crippen LogP contribution in [0.15, 0.2) is 36.5 Å². The van der Waals surface area contributed by atoms with Gasteiger partial charge in [-0.1, -0.05) is 18.2 Å². The second-order valence-corrected chi connectivity index (χ2v) is 6.02. The van der Waals surface area contributed by atoms with Gasteiger partial charge in [-0.3, -0.25) is 9.59 Å². The number of hydrogen-bond donors (Lipinski definition) is 3. The molecule has 24 heavy (non-hydrogen) atoms. The standard InChI is InChI=1S/C17H22ClN3O3/c1-12(21-17(23)15-3-2-9-19-15)8-10-20-16(22)11-24-14-6-4-13(18)5-7-14/h4-7,15,19H,1-3,8-11H2,(H,20,22)(H,21,23). The van der Waals surface area contributed by atoms with Gasteiger partial charge < -0.3 is 20.7 Å². The molecule has 1 saturated heterocycles. The van der Waals surface area contributed by atoms with E-state index in [9.17, 15) is 9.59 Å². The van der Waals surface area contributed by atoms with Crippen molar-refractivity contribution in [1.29, 1.82) is 0 Å². The Labute approximate surface area is 146 Å². The van der Waals surface area contributed by atoms with E-state index in [0.717, 1.165) is 19.4 Å². The van der Waals surface area contributed by atoms with Crippen LogP contribution in [0.4, 0.5) is 0 Å². The molecular formula is C17H22ClN3O3. The lowest BCUT2D eigenvalue weighted by molar-refractivity contribution is -0.123. The molecule has 1 atom stereocenters. The van der Waals surface area contributed by atoms with Crippen molar-refractivity contribution in [2.45, 2.75) is 25.3 Å². The molecule has 0 bridgehead atoms. The highest BCUT2D eigenvalue weighted by molar-refractivity contribution is 6.30. The molecule has 7 heteroatoms. The monoisotopic (exact) mass is 351 g/mol. The lowest BCUT2D eigenvalue weighted by Gasteiger charge is -2.13. The molecule has 1 unspecified atom stereocenters. The SMILES string of the molecule is C=C(CCNC(=O)COc1ccc(Cl)cc1)NC(=O)C1CCCN1. The number of carbonyl (C=O) groups is 2. The topological polar surface area (TPSA) is 79.5 Å². The Morgan fingerprint density at radius 1 is 1.33 bits per heavy atom. The van der Waals surface area contributed by atoms with Crippen LogP contribution in [0.5, 0.6) is 5.75 Å². The van der Waals surface area contributed by atoms with E-state index in [2.05, 4.69) is 22.5 Å². The van der Waals surface area contributed by atoms with Gasteiger partial charge in [0.25, 0.3) is 5.91 Å². The predicted octanol–water partition coefficient (Wildman–Crippen LogP) is 1.61. The molecule has 1 fully saturated rings. The Bertz CT molecular complexity index is 583. The molecule has 6 nitrogen and oxygen atoms in total. The van der Waals surface area contributed by atoms with Crippen LogP contribution < -0.4 is 20.7 Å². The molecule has 1 heterocycles. The minimum absolute atomic E-state index is 0.0603. The first-order chi connectivity index (χ1) is 11.5. The van der Waals surface area contributed by atoms with Gasteiger partial charge in [-0.2, -0.15) is 0 Å². The zero-order chi connectivity index (χ0) is 17.4. The van der Waals surface area contributed by atoms with Gasteiger partial charge in [0.15, 0.2) is 6.61 Å². The zero-order valence-corrected chi connectivity index (χ0v) is 14.2. The van der Waals surface area contributed by atoms with Crippen LogP contribution in [0.3, 0.4) is 0 Å². The Kier molecular flexibility index (Phi) is 7.08. The van der Waals surface area contributed by atoms with E-state index in [1.54, 1.807) is 24.3 Å². The van der Waals surface area contributed by atoms with Crippen molar-refractivity contribution in [3.8, 4) is 5.75 Å². The van der Waals surface area contributed by atoms with E-state index < -0.39 is 0 Å². The van der Waals surface area contributed by atoms with E-state index in [1.165, 1.54) is 0 Å². The van der Waals surface area contributed by atoms with Gasteiger partial charge in [-0.25, -0.2) is 0 Å². The maximum atomic E-state index is 11.9. The molecule has 0 saturated carbocycles. The maximum absolute atomic E-state index is 11.9. The van der Waals surface area contributed by atoms with E-state index in [1.807, 2.05) is 0 Å². The van der Waals surface area contributed by atoms with E-state index in [-0.39, 0.29) is 24.5 Å². The fourth-order valence-electron chi connectivity index (χ4n) is 2.32. The summed E-state index contributed by atoms with van der Waals surface area (Å²) in [5, 5.41) is 9.22. The molecular weight excluding hydrogens is 330 g/mol. The van der Waals surface area contributed by atoms with Gasteiger partial charge in [-0.15, -0.1) is 0 Å². The average molecular weight is 352 g/mol. The molecule has 3 N–H and O–H groups in total. The highest BCUT2D eigenvalue weighted by Gasteiger charge is 2.21. The summed E-state index contributed by atoms with van der Waals surface area (Å²) in [4.78, 5) is 23.6. The van der Waals surface area contributed by atoms with Crippen LogP contribution in [0.2, 0.25) is 5.02 Å². The first-order valence-electron chi connectivity index (χ1n) is 7.91. The first-order valence-corrected chi connectivity index (χ1v) is 8.29. The number of rotatable bonds is 8. The van der Waals surface area contributed by atoms with Crippen LogP contribution >= 0.6 is 11.6 Å². The number of ether oxygens (including phenoxy) is 1. The van der Waals surface area contributed by atoms with Gasteiger partial charge in [-0.05, 0) is 43.7 Å². The summed E-state index contributed by atoms with van der Waals surface area (Å²) in [6.07, 6.45) is 2.33. The third-order valence-electron chi connectivity index (χ3n) is 3.61. The second kappa shape index (κ2) is 9.30. The molecule has 1 aliphatic rings. The summed E-state index contributed by atoms with van der Waals surface area (Å²) < 4.78 is 5.34. The van der Waals surface area contributed by atoms with Crippen molar-refractivity contribution >= 4 is 23.4 Å². The largest absolute Gasteiger partial charge is 0.484 e. The Morgan fingerprint density at radius 3 is 2.75 bits per heavy atom. The van der Waals surface area contributed by atoms with Crippen molar-refractivity contribution in [3.05, 3.63) is 41.6 Å². The number of hydrogen-bond acceptors (Lipinski definition) is 4. The van der Waals surface area contributed by atoms with Crippen LogP contribution in [-0.4, -0.2) is 37.6 Å². The first kappa shape index (κ1) is 18.3. The van der Waals surface area contributed by atoms with Crippen molar-refractivity contribution in [1.82, 2.24) is 16.0 Å². The molecule has 0 spiro atoms. The van der Waals surface area contributed by atoms with Gasteiger partial charge in [0.2, 0.25) is 5.91 Å². The summed E-state index contributed by atoms with van der Waals surface area (Å²) in [5.41, 5.74) is 0.590. The maximum Gasteiger partial charge on any atom is 0.257 e. The molecule has 1 aromatic carbocycles. The average Bonchev–Trinajstić information content (AvgIpc) is 3.09. The van der Waals surface area contributed by atoms with Crippen LogP contribution in [-0.2, 0) is 9.59 Å². The van der Waals surface area contributed by atoms with E-state index in [4.69, 9.17) is 16.3 Å². The summed E-state index contributed by atoms with van der Waals surface area (Å²) in [6.45, 7) is 4.99. The minimum Gasteiger partial charge on any atom is -0.484 e. The van der Waals surface area contributed by atoms with Gasteiger partial charge in [0, 0.05) is 23.7 Å². The molecule has 0 radical (unpaired) electrons. The van der Waals surface area contributed by atoms with Gasteiger partial charge in [0.1, 0.15) is 5.75 Å². The van der Waals surface area contributed by atoms with Crippen molar-refractivity contribution in [3.63, 3.8) is 0 Å². The second-order valence-electron chi connectivity index (χ2n) is 5.58. The molecule has 0 aliphatic carbocycles. The van der Waals surface area contributed by atoms with Crippen molar-refractivity contribution < 1.29 is 14.3 Å². The summed E-state index contributed by atoms with van der Waals surface area (Å²) >= 11 is 5.77. The number of benzene rings is 1. The summed E-state index contributed by atoms with van der Waals surface area (Å²) in [7, 11) is 0. The fourth-order valence-corrected chi connectivity index (χ4v) is 2.44. The Morgan fingerprint density at radius 2 is 2.08 bits per heavy atom. The number of amides is 2. The van der Waals surface area contributed by atoms with Crippen LogP contribution in [0.1, 0.15) is 19.3 Å². The highest BCUT2D eigenvalue weighted by Crippen LogP contribution is 2.15. The third kappa shape index (κ3) is 6.22. The molecule has 130 valence electrons. The quantitative estimate of drug-likeness (QED) is 0.664. The van der Waals surface area contributed by atoms with E-state index >= 15 is 0 Å². The third-order valence-corrected chi connectivity index (χ3v) is 3.86. The summed E-state index contributed by atoms with van der Waals surface area (Å²) in [6, 6.07) is 6.65. The summed E-state index contributed by atoms with van der Waals surface area (Å²) in [5.74, 6) is 0.284. The molecule has 0 aromatic heterocycles. The normalized spacial score (nSPS) is 16.5. The van der Waals surface area contributed by atoms with Crippen LogP contribution in [0, 0.1) is 0 Å². The number of carbonyl (C=O) groups excluding carboxylic acids is 2. The number of nitrogens with one attached hydrogen (secondary N) is 3. The lowest BCUT2D eigenvalue weighted by Crippen LogP contribution is -2.40.